The summed E-state index contributed by atoms with van der Waals surface area (Å²) in [6, 6.07) is 10.0. The Morgan fingerprint density at radius 3 is 2.32 bits per heavy atom. The van der Waals surface area contributed by atoms with E-state index in [0.29, 0.717) is 0 Å². The van der Waals surface area contributed by atoms with E-state index in [4.69, 9.17) is 11.6 Å². The van der Waals surface area contributed by atoms with Crippen LogP contribution in [-0.2, 0) is 4.79 Å². The minimum Gasteiger partial charge on any atom is -0.339 e. The molecule has 0 aromatic heterocycles. The van der Waals surface area contributed by atoms with Crippen LogP contribution in [0.2, 0.25) is 0 Å². The molecular formula is C17H21ClN2O2. The summed E-state index contributed by atoms with van der Waals surface area (Å²) in [6.45, 7) is 0. The summed E-state index contributed by atoms with van der Waals surface area (Å²) in [5.74, 6) is 0.142. The molecule has 0 aliphatic carbocycles. The van der Waals surface area contributed by atoms with Gasteiger partial charge in [0.2, 0.25) is 5.91 Å². The number of fused-ring (bicyclic) bond motifs is 2. The van der Waals surface area contributed by atoms with Crippen LogP contribution in [-0.4, -0.2) is 52.7 Å². The number of hydrogen-bond acceptors (Lipinski definition) is 2. The number of carbonyl (C=O) groups is 2. The van der Waals surface area contributed by atoms with Gasteiger partial charge in [0.15, 0.2) is 0 Å². The largest absolute Gasteiger partial charge is 0.339 e. The van der Waals surface area contributed by atoms with Gasteiger partial charge in [-0.1, -0.05) is 18.2 Å². The maximum absolute atomic E-state index is 12.6. The molecule has 3 rings (SSSR count). The van der Waals surface area contributed by atoms with Crippen LogP contribution < -0.4 is 0 Å². The van der Waals surface area contributed by atoms with Crippen LogP contribution in [0.3, 0.4) is 0 Å². The molecule has 1 aromatic rings. The van der Waals surface area contributed by atoms with E-state index in [1.807, 2.05) is 47.2 Å². The first kappa shape index (κ1) is 15.3. The van der Waals surface area contributed by atoms with Crippen molar-refractivity contribution in [1.82, 2.24) is 9.80 Å². The van der Waals surface area contributed by atoms with Crippen molar-refractivity contribution in [3.05, 3.63) is 35.9 Å². The number of piperidine rings is 1. The second-order valence-corrected chi connectivity index (χ2v) is 6.49. The van der Waals surface area contributed by atoms with E-state index < -0.39 is 0 Å². The van der Waals surface area contributed by atoms with Gasteiger partial charge in [0.05, 0.1) is 0 Å². The van der Waals surface area contributed by atoms with Gasteiger partial charge in [-0.3, -0.25) is 9.59 Å². The quantitative estimate of drug-likeness (QED) is 0.803. The molecule has 2 amide bonds. The Hall–Kier alpha value is -1.55. The zero-order chi connectivity index (χ0) is 15.7. The maximum atomic E-state index is 12.6. The Balaban J connectivity index is 1.70. The van der Waals surface area contributed by atoms with Crippen molar-refractivity contribution in [2.24, 2.45) is 0 Å². The third-order valence-corrected chi connectivity index (χ3v) is 5.23. The van der Waals surface area contributed by atoms with Crippen molar-refractivity contribution in [2.45, 2.75) is 43.8 Å². The summed E-state index contributed by atoms with van der Waals surface area (Å²) in [7, 11) is 1.87. The lowest BCUT2D eigenvalue weighted by Gasteiger charge is -2.42. The van der Waals surface area contributed by atoms with E-state index in [2.05, 4.69) is 0 Å². The molecule has 2 aliphatic rings. The Morgan fingerprint density at radius 2 is 1.77 bits per heavy atom. The zero-order valence-electron chi connectivity index (χ0n) is 12.7. The molecule has 2 saturated heterocycles. The van der Waals surface area contributed by atoms with Crippen LogP contribution in [0.4, 0.5) is 0 Å². The Morgan fingerprint density at radius 1 is 1.18 bits per heavy atom. The first-order chi connectivity index (χ1) is 10.6. The summed E-state index contributed by atoms with van der Waals surface area (Å²) in [6.07, 6.45) is 3.76. The van der Waals surface area contributed by atoms with Gasteiger partial charge in [0, 0.05) is 30.7 Å². The van der Waals surface area contributed by atoms with Crippen molar-refractivity contribution in [3.63, 3.8) is 0 Å². The first-order valence-electron chi connectivity index (χ1n) is 7.81. The lowest BCUT2D eigenvalue weighted by molar-refractivity contribution is -0.133. The summed E-state index contributed by atoms with van der Waals surface area (Å²) >= 11 is 5.72. The highest BCUT2D eigenvalue weighted by Crippen LogP contribution is 2.37. The number of rotatable bonds is 3. The number of alkyl halides is 1. The SMILES string of the molecule is CN(C(=O)c1ccccc1)C1CC2CCC(C1)N2C(=O)CCl. The highest BCUT2D eigenvalue weighted by Gasteiger charge is 2.44. The van der Waals surface area contributed by atoms with Gasteiger partial charge in [0.1, 0.15) is 5.88 Å². The molecule has 1 aromatic carbocycles. The number of nitrogens with zero attached hydrogens (tertiary/aromatic N) is 2. The molecule has 2 bridgehead atoms. The fourth-order valence-corrected chi connectivity index (χ4v) is 4.03. The van der Waals surface area contributed by atoms with Gasteiger partial charge < -0.3 is 9.80 Å². The molecule has 4 nitrogen and oxygen atoms in total. The van der Waals surface area contributed by atoms with Crippen molar-refractivity contribution >= 4 is 23.4 Å². The molecule has 2 aliphatic heterocycles. The molecule has 22 heavy (non-hydrogen) atoms. The summed E-state index contributed by atoms with van der Waals surface area (Å²) in [4.78, 5) is 28.4. The molecule has 0 saturated carbocycles. The van der Waals surface area contributed by atoms with Crippen molar-refractivity contribution in [2.75, 3.05) is 12.9 Å². The number of amides is 2. The predicted octanol–water partition coefficient (Wildman–Crippen LogP) is 2.52. The molecule has 5 heteroatoms. The van der Waals surface area contributed by atoms with Gasteiger partial charge in [-0.05, 0) is 37.8 Å². The van der Waals surface area contributed by atoms with Gasteiger partial charge in [-0.25, -0.2) is 0 Å². The summed E-state index contributed by atoms with van der Waals surface area (Å²) in [5.41, 5.74) is 0.719. The lowest BCUT2D eigenvalue weighted by atomic mass is 9.95. The molecule has 0 N–H and O–H groups in total. The highest BCUT2D eigenvalue weighted by atomic mass is 35.5. The van der Waals surface area contributed by atoms with E-state index in [1.54, 1.807) is 0 Å². The topological polar surface area (TPSA) is 40.6 Å². The van der Waals surface area contributed by atoms with Crippen LogP contribution in [0.5, 0.6) is 0 Å². The van der Waals surface area contributed by atoms with E-state index in [-0.39, 0.29) is 35.8 Å². The van der Waals surface area contributed by atoms with Gasteiger partial charge in [-0.2, -0.15) is 0 Å². The average Bonchev–Trinajstić information content (AvgIpc) is 2.83. The van der Waals surface area contributed by atoms with Crippen LogP contribution in [0.25, 0.3) is 0 Å². The van der Waals surface area contributed by atoms with E-state index >= 15 is 0 Å². The average molecular weight is 321 g/mol. The second kappa shape index (κ2) is 6.29. The Labute approximate surface area is 136 Å². The fourth-order valence-electron chi connectivity index (χ4n) is 3.89. The monoisotopic (exact) mass is 320 g/mol. The van der Waals surface area contributed by atoms with Crippen molar-refractivity contribution in [1.29, 1.82) is 0 Å². The normalized spacial score (nSPS) is 26.8. The predicted molar refractivity (Wildman–Crippen MR) is 85.9 cm³/mol. The van der Waals surface area contributed by atoms with Gasteiger partial charge in [-0.15, -0.1) is 11.6 Å². The van der Waals surface area contributed by atoms with E-state index in [9.17, 15) is 9.59 Å². The molecule has 0 radical (unpaired) electrons. The number of carbonyl (C=O) groups excluding carboxylic acids is 2. The number of hydrogen-bond donors (Lipinski definition) is 0. The lowest BCUT2D eigenvalue weighted by Crippen LogP contribution is -2.53. The zero-order valence-corrected chi connectivity index (χ0v) is 13.5. The highest BCUT2D eigenvalue weighted by molar-refractivity contribution is 6.27. The Kier molecular flexibility index (Phi) is 4.39. The minimum absolute atomic E-state index is 0.0321. The molecular weight excluding hydrogens is 300 g/mol. The van der Waals surface area contributed by atoms with Crippen molar-refractivity contribution in [3.8, 4) is 0 Å². The smallest absolute Gasteiger partial charge is 0.253 e. The summed E-state index contributed by atoms with van der Waals surface area (Å²) in [5, 5.41) is 0. The van der Waals surface area contributed by atoms with E-state index in [0.717, 1.165) is 31.2 Å². The van der Waals surface area contributed by atoms with Crippen molar-refractivity contribution < 1.29 is 9.59 Å². The number of benzene rings is 1. The molecule has 2 atom stereocenters. The second-order valence-electron chi connectivity index (χ2n) is 6.23. The summed E-state index contributed by atoms with van der Waals surface area (Å²) < 4.78 is 0. The Bertz CT molecular complexity index is 549. The van der Waals surface area contributed by atoms with Crippen LogP contribution in [0.1, 0.15) is 36.0 Å². The fraction of sp³-hybridized carbons (Fsp3) is 0.529. The standard InChI is InChI=1S/C17H21ClN2O2/c1-19(17(22)12-5-3-2-4-6-12)15-9-13-7-8-14(10-15)20(13)16(21)11-18/h2-6,13-15H,7-11H2,1H3. The molecule has 2 fully saturated rings. The molecule has 2 heterocycles. The third-order valence-electron chi connectivity index (χ3n) is 5.00. The molecule has 0 spiro atoms. The van der Waals surface area contributed by atoms with Crippen LogP contribution in [0.15, 0.2) is 30.3 Å². The molecule has 2 unspecified atom stereocenters. The van der Waals surface area contributed by atoms with Gasteiger partial charge in [0.25, 0.3) is 5.91 Å². The minimum atomic E-state index is 0.0321. The van der Waals surface area contributed by atoms with Crippen LogP contribution >= 0.6 is 11.6 Å². The number of halogens is 1. The van der Waals surface area contributed by atoms with Crippen LogP contribution in [0, 0.1) is 0 Å². The maximum Gasteiger partial charge on any atom is 0.253 e. The van der Waals surface area contributed by atoms with E-state index in [1.165, 1.54) is 0 Å². The van der Waals surface area contributed by atoms with Gasteiger partial charge >= 0.3 is 0 Å². The first-order valence-corrected chi connectivity index (χ1v) is 8.34. The third kappa shape index (κ3) is 2.72. The molecule has 118 valence electrons.